The molecular formula is C16H14F3N3O3S3. The average molecular weight is 450 g/mol. The molecule has 1 N–H and O–H groups in total. The second kappa shape index (κ2) is 10.5. The highest BCUT2D eigenvalue weighted by Crippen LogP contribution is 2.36. The van der Waals surface area contributed by atoms with Crippen LogP contribution in [0.15, 0.2) is 39.6 Å². The third-order valence-corrected chi connectivity index (χ3v) is 5.48. The molecule has 0 aliphatic carbocycles. The van der Waals surface area contributed by atoms with Crippen molar-refractivity contribution in [2.75, 3.05) is 17.7 Å². The third kappa shape index (κ3) is 8.31. The maximum absolute atomic E-state index is 12.3. The third-order valence-electron chi connectivity index (χ3n) is 2.80. The topological polar surface area (TPSA) is 81.2 Å². The second-order valence-electron chi connectivity index (χ2n) is 4.91. The predicted octanol–water partition coefficient (Wildman–Crippen LogP) is 4.46. The Bertz CT molecular complexity index is 839. The number of benzene rings is 1. The normalized spacial score (nSPS) is 11.6. The number of anilines is 1. The summed E-state index contributed by atoms with van der Waals surface area (Å²) >= 11 is 2.06. The summed E-state index contributed by atoms with van der Waals surface area (Å²) < 4.78 is 42.2. The molecule has 28 heavy (non-hydrogen) atoms. The molecule has 1 amide bonds. The van der Waals surface area contributed by atoms with Crippen molar-refractivity contribution >= 4 is 57.9 Å². The zero-order chi connectivity index (χ0) is 20.6. The first-order valence-corrected chi connectivity index (χ1v) is 10.3. The van der Waals surface area contributed by atoms with Gasteiger partial charge in [-0.05, 0) is 42.5 Å². The largest absolute Gasteiger partial charge is 0.465 e. The van der Waals surface area contributed by atoms with Gasteiger partial charge in [-0.15, -0.1) is 10.2 Å². The standard InChI is InChI=1S/C16H14F3N3O3S3/c1-2-25-13(24)9-26-15-22-21-14(27-15)20-12(23)8-5-10-3-6-11(7-4-10)28-16(17,18)19/h3-8H,2,9H2,1H3,(H,20,21,23)/b8-5+. The lowest BCUT2D eigenvalue weighted by molar-refractivity contribution is -0.139. The molecule has 0 bridgehead atoms. The van der Waals surface area contributed by atoms with E-state index in [9.17, 15) is 22.8 Å². The molecule has 12 heteroatoms. The molecule has 2 rings (SSSR count). The molecule has 2 aromatic rings. The van der Waals surface area contributed by atoms with E-state index >= 15 is 0 Å². The fraction of sp³-hybridized carbons (Fsp3) is 0.250. The number of hydrogen-bond donors (Lipinski definition) is 1. The minimum absolute atomic E-state index is 0.0656. The van der Waals surface area contributed by atoms with E-state index < -0.39 is 11.4 Å². The summed E-state index contributed by atoms with van der Waals surface area (Å²) in [5.74, 6) is -0.735. The molecule has 0 fully saturated rings. The molecule has 0 aliphatic rings. The maximum Gasteiger partial charge on any atom is 0.446 e. The number of carbonyl (C=O) groups excluding carboxylic acids is 2. The number of amides is 1. The molecule has 0 radical (unpaired) electrons. The Morgan fingerprint density at radius 2 is 1.96 bits per heavy atom. The van der Waals surface area contributed by atoms with Crippen LogP contribution in [0.5, 0.6) is 0 Å². The van der Waals surface area contributed by atoms with Crippen LogP contribution in [0.3, 0.4) is 0 Å². The first-order chi connectivity index (χ1) is 13.2. The molecule has 1 heterocycles. The zero-order valence-corrected chi connectivity index (χ0v) is 16.8. The van der Waals surface area contributed by atoms with Crippen molar-refractivity contribution in [2.45, 2.75) is 21.7 Å². The number of aromatic nitrogens is 2. The number of alkyl halides is 3. The van der Waals surface area contributed by atoms with E-state index in [1.807, 2.05) is 0 Å². The quantitative estimate of drug-likeness (QED) is 0.276. The summed E-state index contributed by atoms with van der Waals surface area (Å²) in [5, 5.41) is 10.4. The van der Waals surface area contributed by atoms with Gasteiger partial charge in [0, 0.05) is 11.0 Å². The number of ether oxygens (including phenoxy) is 1. The first kappa shape index (κ1) is 22.2. The molecule has 6 nitrogen and oxygen atoms in total. The van der Waals surface area contributed by atoms with Crippen molar-refractivity contribution in [1.29, 1.82) is 0 Å². The van der Waals surface area contributed by atoms with Gasteiger partial charge in [0.05, 0.1) is 12.4 Å². The molecule has 0 spiro atoms. The van der Waals surface area contributed by atoms with Crippen molar-refractivity contribution in [1.82, 2.24) is 10.2 Å². The van der Waals surface area contributed by atoms with Crippen molar-refractivity contribution in [3.63, 3.8) is 0 Å². The van der Waals surface area contributed by atoms with E-state index in [0.29, 0.717) is 16.5 Å². The van der Waals surface area contributed by atoms with Gasteiger partial charge in [0.25, 0.3) is 0 Å². The minimum atomic E-state index is -4.34. The number of halogens is 3. The van der Waals surface area contributed by atoms with Gasteiger partial charge >= 0.3 is 11.5 Å². The maximum atomic E-state index is 12.3. The van der Waals surface area contributed by atoms with Crippen molar-refractivity contribution in [2.24, 2.45) is 0 Å². The SMILES string of the molecule is CCOC(=O)CSc1nnc(NC(=O)/C=C/c2ccc(SC(F)(F)F)cc2)s1. The highest BCUT2D eigenvalue weighted by molar-refractivity contribution is 8.01. The number of carbonyl (C=O) groups is 2. The number of nitrogens with zero attached hydrogens (tertiary/aromatic N) is 2. The van der Waals surface area contributed by atoms with Gasteiger partial charge in [-0.3, -0.25) is 14.9 Å². The lowest BCUT2D eigenvalue weighted by Gasteiger charge is -2.05. The average Bonchev–Trinajstić information content (AvgIpc) is 3.06. The van der Waals surface area contributed by atoms with Crippen molar-refractivity contribution < 1.29 is 27.5 Å². The molecule has 0 unspecified atom stereocenters. The van der Waals surface area contributed by atoms with E-state index in [1.165, 1.54) is 36.4 Å². The van der Waals surface area contributed by atoms with Gasteiger partial charge in [-0.25, -0.2) is 0 Å². The molecule has 0 aliphatic heterocycles. The Morgan fingerprint density at radius 1 is 1.25 bits per heavy atom. The molecular weight excluding hydrogens is 435 g/mol. The van der Waals surface area contributed by atoms with Crippen LogP contribution in [0.25, 0.3) is 6.08 Å². The number of thioether (sulfide) groups is 2. The molecule has 0 saturated heterocycles. The number of esters is 1. The molecule has 1 aromatic heterocycles. The second-order valence-corrected chi connectivity index (χ2v) is 8.24. The van der Waals surface area contributed by atoms with Gasteiger partial charge in [0.1, 0.15) is 0 Å². The Labute approximate surface area is 170 Å². The smallest absolute Gasteiger partial charge is 0.446 e. The van der Waals surface area contributed by atoms with E-state index in [-0.39, 0.29) is 33.5 Å². The van der Waals surface area contributed by atoms with E-state index in [4.69, 9.17) is 4.74 Å². The van der Waals surface area contributed by atoms with E-state index in [2.05, 4.69) is 15.5 Å². The lowest BCUT2D eigenvalue weighted by Crippen LogP contribution is -2.07. The molecule has 1 aromatic carbocycles. The summed E-state index contributed by atoms with van der Waals surface area (Å²) in [4.78, 5) is 23.3. The first-order valence-electron chi connectivity index (χ1n) is 7.72. The summed E-state index contributed by atoms with van der Waals surface area (Å²) in [5.41, 5.74) is -3.77. The van der Waals surface area contributed by atoms with Crippen LogP contribution in [-0.2, 0) is 14.3 Å². The van der Waals surface area contributed by atoms with Gasteiger partial charge < -0.3 is 4.74 Å². The van der Waals surface area contributed by atoms with E-state index in [1.54, 1.807) is 6.92 Å². The van der Waals surface area contributed by atoms with Crippen LogP contribution in [0.4, 0.5) is 18.3 Å². The van der Waals surface area contributed by atoms with Crippen LogP contribution in [0.1, 0.15) is 12.5 Å². The van der Waals surface area contributed by atoms with Gasteiger partial charge in [0.15, 0.2) is 4.34 Å². The molecule has 0 saturated carbocycles. The highest BCUT2D eigenvalue weighted by atomic mass is 32.2. The van der Waals surface area contributed by atoms with Gasteiger partial charge in [-0.1, -0.05) is 35.2 Å². The Kier molecular flexibility index (Phi) is 8.33. The Balaban J connectivity index is 1.84. The highest BCUT2D eigenvalue weighted by Gasteiger charge is 2.28. The molecule has 0 atom stereocenters. The van der Waals surface area contributed by atoms with Crippen LogP contribution < -0.4 is 5.32 Å². The van der Waals surface area contributed by atoms with Gasteiger partial charge in [0.2, 0.25) is 11.0 Å². The van der Waals surface area contributed by atoms with Gasteiger partial charge in [-0.2, -0.15) is 13.2 Å². The zero-order valence-electron chi connectivity index (χ0n) is 14.4. The monoisotopic (exact) mass is 449 g/mol. The Morgan fingerprint density at radius 3 is 2.61 bits per heavy atom. The summed E-state index contributed by atoms with van der Waals surface area (Å²) in [6, 6.07) is 5.61. The number of hydrogen-bond acceptors (Lipinski definition) is 8. The fourth-order valence-electron chi connectivity index (χ4n) is 1.74. The lowest BCUT2D eigenvalue weighted by atomic mass is 10.2. The van der Waals surface area contributed by atoms with Crippen LogP contribution in [-0.4, -0.2) is 39.9 Å². The van der Waals surface area contributed by atoms with Crippen molar-refractivity contribution in [3.05, 3.63) is 35.9 Å². The fourth-order valence-corrected chi connectivity index (χ4v) is 3.83. The molecule has 150 valence electrons. The predicted molar refractivity (Wildman–Crippen MR) is 103 cm³/mol. The van der Waals surface area contributed by atoms with Crippen molar-refractivity contribution in [3.8, 4) is 0 Å². The van der Waals surface area contributed by atoms with Crippen LogP contribution in [0.2, 0.25) is 0 Å². The summed E-state index contributed by atoms with van der Waals surface area (Å²) in [7, 11) is 0. The number of rotatable bonds is 8. The summed E-state index contributed by atoms with van der Waals surface area (Å²) in [6.07, 6.45) is 2.70. The Hall–Kier alpha value is -2.05. The van der Waals surface area contributed by atoms with Crippen LogP contribution >= 0.6 is 34.9 Å². The number of nitrogens with one attached hydrogen (secondary N) is 1. The van der Waals surface area contributed by atoms with E-state index in [0.717, 1.165) is 23.1 Å². The van der Waals surface area contributed by atoms with Crippen LogP contribution in [0, 0.1) is 0 Å². The summed E-state index contributed by atoms with van der Waals surface area (Å²) in [6.45, 7) is 2.01. The minimum Gasteiger partial charge on any atom is -0.465 e.